The Labute approximate surface area is 245 Å². The molecule has 5 heterocycles. The smallest absolute Gasteiger partial charge is 0.248 e. The molecule has 0 saturated carbocycles. The number of benzene rings is 1. The summed E-state index contributed by atoms with van der Waals surface area (Å²) in [6, 6.07) is 8.28. The molecule has 2 saturated heterocycles. The first-order chi connectivity index (χ1) is 20.6. The molecule has 6 rings (SSSR count). The second kappa shape index (κ2) is 12.7. The van der Waals surface area contributed by atoms with Crippen molar-refractivity contribution in [1.82, 2.24) is 39.5 Å². The highest BCUT2D eigenvalue weighted by atomic mass is 16.5. The molecule has 0 unspecified atom stereocenters. The van der Waals surface area contributed by atoms with Crippen molar-refractivity contribution in [2.24, 2.45) is 0 Å². The van der Waals surface area contributed by atoms with Crippen LogP contribution < -0.4 is 20.5 Å². The minimum atomic E-state index is 0.180. The summed E-state index contributed by atoms with van der Waals surface area (Å²) >= 11 is 0. The van der Waals surface area contributed by atoms with Crippen LogP contribution in [0.15, 0.2) is 42.9 Å². The highest BCUT2D eigenvalue weighted by Crippen LogP contribution is 2.33. The molecule has 42 heavy (non-hydrogen) atoms. The zero-order valence-corrected chi connectivity index (χ0v) is 24.2. The first-order valence-corrected chi connectivity index (χ1v) is 14.6. The average Bonchev–Trinajstić information content (AvgIpc) is 3.40. The van der Waals surface area contributed by atoms with Crippen molar-refractivity contribution in [2.75, 3.05) is 58.0 Å². The maximum absolute atomic E-state index is 6.23. The van der Waals surface area contributed by atoms with Crippen LogP contribution in [0.3, 0.4) is 0 Å². The number of nitrogen functional groups attached to an aromatic ring is 1. The van der Waals surface area contributed by atoms with E-state index in [4.69, 9.17) is 15.2 Å². The van der Waals surface area contributed by atoms with Crippen LogP contribution in [-0.2, 0) is 0 Å². The molecule has 0 bridgehead atoms. The summed E-state index contributed by atoms with van der Waals surface area (Å²) in [6.07, 6.45) is 14.2. The number of nitrogens with zero attached hydrogens (tertiary/aromatic N) is 8. The monoisotopic (exact) mass is 570 g/mol. The molecule has 4 aromatic rings. The fourth-order valence-corrected chi connectivity index (χ4v) is 5.85. The molecule has 0 atom stereocenters. The largest absolute Gasteiger partial charge is 0.493 e. The van der Waals surface area contributed by atoms with E-state index in [0.29, 0.717) is 34.2 Å². The van der Waals surface area contributed by atoms with Gasteiger partial charge in [0.2, 0.25) is 11.9 Å². The lowest BCUT2D eigenvalue weighted by Crippen LogP contribution is -2.46. The predicted molar refractivity (Wildman–Crippen MR) is 163 cm³/mol. The fraction of sp³-hybridized carbons (Fsp3) is 0.433. The van der Waals surface area contributed by atoms with E-state index in [1.54, 1.807) is 32.5 Å². The fourth-order valence-electron chi connectivity index (χ4n) is 5.85. The molecule has 2 fully saturated rings. The molecule has 3 N–H and O–H groups in total. The standard InChI is InChI=1S/C30H38N10O2/c1-41-26-17-24-25(18-27(26)42-2)33-20-34-28(24)40-29(31)36-30(37-40)35-22-9-8-21(32-19-22)7-6-12-38-15-10-23(11-16-38)39-13-4-3-5-14-39/h6-9,17-20,23H,3-5,10-16H2,1-2H3,(H3,31,35,36,37). The summed E-state index contributed by atoms with van der Waals surface area (Å²) in [6.45, 7) is 5.86. The van der Waals surface area contributed by atoms with Gasteiger partial charge in [-0.25, -0.2) is 9.97 Å². The number of aromatic nitrogens is 6. The van der Waals surface area contributed by atoms with Crippen LogP contribution in [0.2, 0.25) is 0 Å². The number of methoxy groups -OCH3 is 2. The van der Waals surface area contributed by atoms with Crippen LogP contribution in [0.1, 0.15) is 37.8 Å². The van der Waals surface area contributed by atoms with Crippen LogP contribution in [0.4, 0.5) is 17.6 Å². The third kappa shape index (κ3) is 6.14. The SMILES string of the molecule is COc1cc2ncnc(-n3nc(Nc4ccc(C=CCN5CCC(N6CCCCC6)CC5)nc4)nc3N)c2cc1OC. The number of pyridine rings is 1. The lowest BCUT2D eigenvalue weighted by Gasteiger charge is -2.40. The van der Waals surface area contributed by atoms with Crippen molar-refractivity contribution < 1.29 is 9.47 Å². The molecule has 1 aromatic carbocycles. The minimum absolute atomic E-state index is 0.180. The number of nitrogens with two attached hydrogens (primary N) is 1. The Bertz CT molecular complexity index is 1520. The normalized spacial score (nSPS) is 17.2. The van der Waals surface area contributed by atoms with Crippen molar-refractivity contribution in [3.63, 3.8) is 0 Å². The number of piperidine rings is 2. The molecule has 0 aliphatic carbocycles. The van der Waals surface area contributed by atoms with Crippen molar-refractivity contribution >= 4 is 34.6 Å². The van der Waals surface area contributed by atoms with Gasteiger partial charge >= 0.3 is 0 Å². The van der Waals surface area contributed by atoms with Gasteiger partial charge in [-0.05, 0) is 76.1 Å². The van der Waals surface area contributed by atoms with Crippen molar-refractivity contribution in [3.05, 3.63) is 48.6 Å². The minimum Gasteiger partial charge on any atom is -0.493 e. The van der Waals surface area contributed by atoms with Crippen LogP contribution in [0.25, 0.3) is 22.8 Å². The number of hydrogen-bond donors (Lipinski definition) is 2. The summed E-state index contributed by atoms with van der Waals surface area (Å²) < 4.78 is 12.3. The van der Waals surface area contributed by atoms with Gasteiger partial charge in [0.15, 0.2) is 17.3 Å². The van der Waals surface area contributed by atoms with Crippen molar-refractivity contribution in [2.45, 2.75) is 38.1 Å². The Hall–Kier alpha value is -4.29. The Morgan fingerprint density at radius 1 is 0.976 bits per heavy atom. The molecule has 12 nitrogen and oxygen atoms in total. The predicted octanol–water partition coefficient (Wildman–Crippen LogP) is 3.91. The van der Waals surface area contributed by atoms with Crippen LogP contribution >= 0.6 is 0 Å². The van der Waals surface area contributed by atoms with Gasteiger partial charge in [0, 0.05) is 24.0 Å². The number of likely N-dealkylation sites (tertiary alicyclic amines) is 2. The molecular weight excluding hydrogens is 532 g/mol. The van der Waals surface area contributed by atoms with E-state index >= 15 is 0 Å². The van der Waals surface area contributed by atoms with Crippen molar-refractivity contribution in [1.29, 1.82) is 0 Å². The van der Waals surface area contributed by atoms with E-state index in [9.17, 15) is 0 Å². The highest BCUT2D eigenvalue weighted by Gasteiger charge is 2.25. The second-order valence-corrected chi connectivity index (χ2v) is 10.8. The highest BCUT2D eigenvalue weighted by molar-refractivity contribution is 5.88. The van der Waals surface area contributed by atoms with Gasteiger partial charge in [0.05, 0.1) is 37.3 Å². The summed E-state index contributed by atoms with van der Waals surface area (Å²) in [4.78, 5) is 23.0. The molecule has 220 valence electrons. The first kappa shape index (κ1) is 27.9. The maximum Gasteiger partial charge on any atom is 0.248 e. The summed E-state index contributed by atoms with van der Waals surface area (Å²) in [7, 11) is 3.16. The third-order valence-electron chi connectivity index (χ3n) is 8.11. The number of anilines is 3. The van der Waals surface area contributed by atoms with E-state index in [0.717, 1.165) is 37.1 Å². The van der Waals surface area contributed by atoms with E-state index in [-0.39, 0.29) is 5.95 Å². The number of fused-ring (bicyclic) bond motifs is 1. The summed E-state index contributed by atoms with van der Waals surface area (Å²) in [5.41, 5.74) is 8.55. The Balaban J connectivity index is 1.06. The summed E-state index contributed by atoms with van der Waals surface area (Å²) in [5, 5.41) is 8.42. The van der Waals surface area contributed by atoms with Gasteiger partial charge in [0.25, 0.3) is 0 Å². The molecular formula is C30H38N10O2. The number of nitrogens with one attached hydrogen (secondary N) is 1. The van der Waals surface area contributed by atoms with Gasteiger partial charge in [0.1, 0.15) is 6.33 Å². The van der Waals surface area contributed by atoms with E-state index in [2.05, 4.69) is 52.3 Å². The van der Waals surface area contributed by atoms with Crippen LogP contribution in [0, 0.1) is 0 Å². The topological polar surface area (TPSA) is 132 Å². The van der Waals surface area contributed by atoms with Crippen molar-refractivity contribution in [3.8, 4) is 17.3 Å². The van der Waals surface area contributed by atoms with E-state index in [1.165, 1.54) is 56.2 Å². The zero-order chi connectivity index (χ0) is 28.9. The third-order valence-corrected chi connectivity index (χ3v) is 8.11. The Morgan fingerprint density at radius 3 is 2.50 bits per heavy atom. The van der Waals surface area contributed by atoms with Gasteiger partial charge < -0.3 is 25.4 Å². The molecule has 0 spiro atoms. The molecule has 12 heteroatoms. The first-order valence-electron chi connectivity index (χ1n) is 14.6. The molecule has 2 aliphatic rings. The maximum atomic E-state index is 6.23. The molecule has 0 radical (unpaired) electrons. The van der Waals surface area contributed by atoms with Gasteiger partial charge in [-0.2, -0.15) is 9.67 Å². The van der Waals surface area contributed by atoms with Crippen LogP contribution in [-0.4, -0.2) is 92.5 Å². The number of ether oxygens (including phenoxy) is 2. The Morgan fingerprint density at radius 2 is 1.76 bits per heavy atom. The van der Waals surface area contributed by atoms with Gasteiger partial charge in [-0.3, -0.25) is 9.88 Å². The molecule has 2 aliphatic heterocycles. The lowest BCUT2D eigenvalue weighted by atomic mass is 10.00. The van der Waals surface area contributed by atoms with E-state index in [1.807, 2.05) is 12.1 Å². The quantitative estimate of drug-likeness (QED) is 0.303. The molecule has 0 amide bonds. The van der Waals surface area contributed by atoms with Gasteiger partial charge in [-0.15, -0.1) is 5.10 Å². The number of hydrogen-bond acceptors (Lipinski definition) is 11. The Kier molecular flexibility index (Phi) is 8.42. The van der Waals surface area contributed by atoms with Gasteiger partial charge in [-0.1, -0.05) is 12.5 Å². The van der Waals surface area contributed by atoms with Crippen LogP contribution in [0.5, 0.6) is 11.5 Å². The second-order valence-electron chi connectivity index (χ2n) is 10.8. The average molecular weight is 571 g/mol. The van der Waals surface area contributed by atoms with E-state index < -0.39 is 0 Å². The molecule has 3 aromatic heterocycles. The zero-order valence-electron chi connectivity index (χ0n) is 24.2. The summed E-state index contributed by atoms with van der Waals surface area (Å²) in [5.74, 6) is 2.11. The lowest BCUT2D eigenvalue weighted by molar-refractivity contribution is 0.0975. The number of rotatable bonds is 9.